The topological polar surface area (TPSA) is 52.0 Å². The SMILES string of the molecule is Nc1ccc2c(c1)[C@@H](N)[C@@H](F)CC2. The van der Waals surface area contributed by atoms with Crippen LogP contribution in [-0.4, -0.2) is 6.17 Å². The Labute approximate surface area is 76.7 Å². The van der Waals surface area contributed by atoms with Gasteiger partial charge in [0.05, 0.1) is 6.04 Å². The van der Waals surface area contributed by atoms with E-state index in [4.69, 9.17) is 11.5 Å². The van der Waals surface area contributed by atoms with Crippen molar-refractivity contribution >= 4 is 5.69 Å². The van der Waals surface area contributed by atoms with Crippen molar-refractivity contribution in [3.8, 4) is 0 Å². The Morgan fingerprint density at radius 1 is 1.38 bits per heavy atom. The molecule has 0 unspecified atom stereocenters. The zero-order valence-corrected chi connectivity index (χ0v) is 7.33. The second-order valence-electron chi connectivity index (χ2n) is 3.54. The van der Waals surface area contributed by atoms with Gasteiger partial charge in [-0.05, 0) is 36.1 Å². The largest absolute Gasteiger partial charge is 0.399 e. The summed E-state index contributed by atoms with van der Waals surface area (Å²) in [4.78, 5) is 0. The molecule has 3 heteroatoms. The summed E-state index contributed by atoms with van der Waals surface area (Å²) in [7, 11) is 0. The minimum Gasteiger partial charge on any atom is -0.399 e. The lowest BCUT2D eigenvalue weighted by Gasteiger charge is -2.25. The Balaban J connectivity index is 2.45. The molecule has 0 saturated carbocycles. The van der Waals surface area contributed by atoms with E-state index in [1.165, 1.54) is 0 Å². The van der Waals surface area contributed by atoms with Crippen LogP contribution in [0.4, 0.5) is 10.1 Å². The van der Waals surface area contributed by atoms with E-state index in [0.717, 1.165) is 17.5 Å². The van der Waals surface area contributed by atoms with Gasteiger partial charge < -0.3 is 11.5 Å². The summed E-state index contributed by atoms with van der Waals surface area (Å²) in [6, 6.07) is 5.07. The number of aryl methyl sites for hydroxylation is 1. The van der Waals surface area contributed by atoms with Gasteiger partial charge in [0.1, 0.15) is 6.17 Å². The fourth-order valence-electron chi connectivity index (χ4n) is 1.82. The standard InChI is InChI=1S/C10H13FN2/c11-9-4-2-6-1-3-7(12)5-8(6)10(9)13/h1,3,5,9-10H,2,4,12-13H2/t9-,10+/m0/s1. The van der Waals surface area contributed by atoms with E-state index in [1.807, 2.05) is 12.1 Å². The molecule has 2 rings (SSSR count). The first-order chi connectivity index (χ1) is 6.18. The number of benzene rings is 1. The molecule has 0 fully saturated rings. The summed E-state index contributed by atoms with van der Waals surface area (Å²) in [5.41, 5.74) is 14.0. The molecule has 1 aliphatic rings. The van der Waals surface area contributed by atoms with Crippen molar-refractivity contribution in [3.05, 3.63) is 29.3 Å². The van der Waals surface area contributed by atoms with Gasteiger partial charge in [-0.15, -0.1) is 0 Å². The second-order valence-corrected chi connectivity index (χ2v) is 3.54. The first-order valence-corrected chi connectivity index (χ1v) is 4.46. The predicted molar refractivity (Wildman–Crippen MR) is 51.0 cm³/mol. The minimum absolute atomic E-state index is 0.493. The summed E-state index contributed by atoms with van der Waals surface area (Å²) in [6.07, 6.45) is 0.372. The van der Waals surface area contributed by atoms with Crippen molar-refractivity contribution in [2.45, 2.75) is 25.1 Å². The number of alkyl halides is 1. The van der Waals surface area contributed by atoms with Crippen LogP contribution in [0.1, 0.15) is 23.6 Å². The molecule has 4 N–H and O–H groups in total. The van der Waals surface area contributed by atoms with E-state index in [9.17, 15) is 4.39 Å². The van der Waals surface area contributed by atoms with E-state index < -0.39 is 12.2 Å². The molecule has 0 bridgehead atoms. The molecule has 0 amide bonds. The van der Waals surface area contributed by atoms with E-state index in [1.54, 1.807) is 6.07 Å². The Hall–Kier alpha value is -1.09. The normalized spacial score (nSPS) is 26.9. The van der Waals surface area contributed by atoms with Crippen molar-refractivity contribution in [2.24, 2.45) is 5.73 Å². The highest BCUT2D eigenvalue weighted by atomic mass is 19.1. The molecule has 0 heterocycles. The molecule has 0 aromatic heterocycles. The molecule has 2 nitrogen and oxygen atoms in total. The zero-order valence-electron chi connectivity index (χ0n) is 7.33. The summed E-state index contributed by atoms with van der Waals surface area (Å²) in [5.74, 6) is 0. The molecule has 0 aliphatic heterocycles. The van der Waals surface area contributed by atoms with Crippen LogP contribution in [0.3, 0.4) is 0 Å². The molecule has 70 valence electrons. The highest BCUT2D eigenvalue weighted by molar-refractivity contribution is 5.47. The van der Waals surface area contributed by atoms with Gasteiger partial charge in [0.15, 0.2) is 0 Å². The molecular weight excluding hydrogens is 167 g/mol. The molecule has 2 atom stereocenters. The minimum atomic E-state index is -0.922. The van der Waals surface area contributed by atoms with Crippen LogP contribution in [0, 0.1) is 0 Å². The van der Waals surface area contributed by atoms with Crippen LogP contribution in [-0.2, 0) is 6.42 Å². The highest BCUT2D eigenvalue weighted by Crippen LogP contribution is 2.31. The fourth-order valence-corrected chi connectivity index (χ4v) is 1.82. The lowest BCUT2D eigenvalue weighted by atomic mass is 9.87. The molecule has 1 aromatic carbocycles. The maximum absolute atomic E-state index is 13.2. The zero-order chi connectivity index (χ0) is 9.42. The molecule has 13 heavy (non-hydrogen) atoms. The van der Waals surface area contributed by atoms with Crippen LogP contribution in [0.2, 0.25) is 0 Å². The lowest BCUT2D eigenvalue weighted by molar-refractivity contribution is 0.255. The fraction of sp³-hybridized carbons (Fsp3) is 0.400. The average molecular weight is 180 g/mol. The number of nitrogens with two attached hydrogens (primary N) is 2. The average Bonchev–Trinajstić information content (AvgIpc) is 2.12. The van der Waals surface area contributed by atoms with E-state index in [0.29, 0.717) is 12.1 Å². The van der Waals surface area contributed by atoms with Crippen molar-refractivity contribution < 1.29 is 4.39 Å². The molecular formula is C10H13FN2. The maximum atomic E-state index is 13.2. The first-order valence-electron chi connectivity index (χ1n) is 4.46. The van der Waals surface area contributed by atoms with E-state index in [-0.39, 0.29) is 0 Å². The van der Waals surface area contributed by atoms with Gasteiger partial charge in [-0.25, -0.2) is 4.39 Å². The molecule has 0 spiro atoms. The molecule has 1 aromatic rings. The van der Waals surface area contributed by atoms with Crippen molar-refractivity contribution in [3.63, 3.8) is 0 Å². The quantitative estimate of drug-likeness (QED) is 0.595. The maximum Gasteiger partial charge on any atom is 0.120 e. The second kappa shape index (κ2) is 3.00. The van der Waals surface area contributed by atoms with Crippen molar-refractivity contribution in [2.75, 3.05) is 5.73 Å². The van der Waals surface area contributed by atoms with Crippen LogP contribution >= 0.6 is 0 Å². The number of hydrogen-bond donors (Lipinski definition) is 2. The van der Waals surface area contributed by atoms with Gasteiger partial charge in [0, 0.05) is 5.69 Å². The molecule has 0 saturated heterocycles. The number of anilines is 1. The number of fused-ring (bicyclic) bond motifs is 1. The summed E-state index contributed by atoms with van der Waals surface area (Å²) < 4.78 is 13.2. The van der Waals surface area contributed by atoms with Crippen LogP contribution in [0.15, 0.2) is 18.2 Å². The summed E-state index contributed by atoms with van der Waals surface area (Å²) in [5, 5.41) is 0. The first kappa shape index (κ1) is 8.51. The van der Waals surface area contributed by atoms with Crippen LogP contribution < -0.4 is 11.5 Å². The highest BCUT2D eigenvalue weighted by Gasteiger charge is 2.26. The molecule has 1 aliphatic carbocycles. The van der Waals surface area contributed by atoms with E-state index in [2.05, 4.69) is 0 Å². The number of halogens is 1. The Morgan fingerprint density at radius 2 is 2.15 bits per heavy atom. The van der Waals surface area contributed by atoms with Crippen LogP contribution in [0.25, 0.3) is 0 Å². The number of rotatable bonds is 0. The third kappa shape index (κ3) is 1.40. The van der Waals surface area contributed by atoms with Gasteiger partial charge in [-0.2, -0.15) is 0 Å². The molecule has 0 radical (unpaired) electrons. The smallest absolute Gasteiger partial charge is 0.120 e. The van der Waals surface area contributed by atoms with Gasteiger partial charge in [-0.3, -0.25) is 0 Å². The summed E-state index contributed by atoms with van der Waals surface area (Å²) in [6.45, 7) is 0. The summed E-state index contributed by atoms with van der Waals surface area (Å²) >= 11 is 0. The third-order valence-corrected chi connectivity index (χ3v) is 2.61. The van der Waals surface area contributed by atoms with Gasteiger partial charge in [0.25, 0.3) is 0 Å². The van der Waals surface area contributed by atoms with Crippen molar-refractivity contribution in [1.82, 2.24) is 0 Å². The number of nitrogen functional groups attached to an aromatic ring is 1. The van der Waals surface area contributed by atoms with Gasteiger partial charge in [-0.1, -0.05) is 6.07 Å². The van der Waals surface area contributed by atoms with Crippen molar-refractivity contribution in [1.29, 1.82) is 0 Å². The predicted octanol–water partition coefficient (Wildman–Crippen LogP) is 1.55. The van der Waals surface area contributed by atoms with Crippen LogP contribution in [0.5, 0.6) is 0 Å². The third-order valence-electron chi connectivity index (χ3n) is 2.61. The van der Waals surface area contributed by atoms with Gasteiger partial charge in [0.2, 0.25) is 0 Å². The lowest BCUT2D eigenvalue weighted by Crippen LogP contribution is -2.28. The Morgan fingerprint density at radius 3 is 2.92 bits per heavy atom. The van der Waals surface area contributed by atoms with E-state index >= 15 is 0 Å². The Bertz CT molecular complexity index is 325. The van der Waals surface area contributed by atoms with Gasteiger partial charge >= 0.3 is 0 Å². The monoisotopic (exact) mass is 180 g/mol. The number of hydrogen-bond acceptors (Lipinski definition) is 2. The Kier molecular flexibility index (Phi) is 1.96.